The van der Waals surface area contributed by atoms with Crippen LogP contribution in [-0.2, 0) is 10.0 Å². The predicted molar refractivity (Wildman–Crippen MR) is 71.1 cm³/mol. The minimum Gasteiger partial charge on any atom is -0.393 e. The Labute approximate surface area is 109 Å². The van der Waals surface area contributed by atoms with Crippen LogP contribution in [0.2, 0.25) is 0 Å². The lowest BCUT2D eigenvalue weighted by Gasteiger charge is -2.07. The van der Waals surface area contributed by atoms with Gasteiger partial charge in [0.15, 0.2) is 4.90 Å². The van der Waals surface area contributed by atoms with Crippen molar-refractivity contribution >= 4 is 33.2 Å². The van der Waals surface area contributed by atoms with E-state index >= 15 is 0 Å². The Morgan fingerprint density at radius 3 is 2.72 bits per heavy atom. The fourth-order valence-corrected chi connectivity index (χ4v) is 2.97. The Morgan fingerprint density at radius 1 is 1.50 bits per heavy atom. The quantitative estimate of drug-likeness (QED) is 0.347. The Morgan fingerprint density at radius 2 is 2.17 bits per heavy atom. The number of sulfonamides is 1. The maximum absolute atomic E-state index is 11.9. The van der Waals surface area contributed by atoms with E-state index in [9.17, 15) is 18.5 Å². The van der Waals surface area contributed by atoms with Gasteiger partial charge in [-0.1, -0.05) is 6.07 Å². The third kappa shape index (κ3) is 3.34. The van der Waals surface area contributed by atoms with Gasteiger partial charge in [0.05, 0.1) is 4.92 Å². The molecule has 1 aromatic carbocycles. The number of hydrogen-bond donors (Lipinski definition) is 2. The molecule has 0 saturated carbocycles. The molecule has 1 aromatic rings. The lowest BCUT2D eigenvalue weighted by molar-refractivity contribution is -0.386. The number of anilines is 1. The van der Waals surface area contributed by atoms with Crippen molar-refractivity contribution in [3.05, 3.63) is 28.3 Å². The summed E-state index contributed by atoms with van der Waals surface area (Å²) in [7, 11) is -3.92. The third-order valence-corrected chi connectivity index (χ3v) is 4.21. The second kappa shape index (κ2) is 6.03. The molecule has 0 aliphatic rings. The van der Waals surface area contributed by atoms with E-state index in [1.807, 2.05) is 6.26 Å². The number of nitrogens with one attached hydrogen (secondary N) is 1. The standard InChI is InChI=1S/C9H13N3O4S2/c1-17-6-5-11-18(15,16)8-4-2-3-7(10)9(8)12(13)14/h2-4,11H,5-6,10H2,1H3. The second-order valence-electron chi connectivity index (χ2n) is 3.34. The minimum atomic E-state index is -3.92. The summed E-state index contributed by atoms with van der Waals surface area (Å²) in [5, 5.41) is 10.8. The van der Waals surface area contributed by atoms with E-state index in [1.54, 1.807) is 0 Å². The summed E-state index contributed by atoms with van der Waals surface area (Å²) < 4.78 is 26.1. The average molecular weight is 291 g/mol. The molecule has 0 saturated heterocycles. The van der Waals surface area contributed by atoms with Gasteiger partial charge in [-0.25, -0.2) is 13.1 Å². The maximum Gasteiger partial charge on any atom is 0.312 e. The normalized spacial score (nSPS) is 11.4. The van der Waals surface area contributed by atoms with Crippen molar-refractivity contribution in [2.45, 2.75) is 4.90 Å². The summed E-state index contributed by atoms with van der Waals surface area (Å²) in [4.78, 5) is 9.65. The second-order valence-corrected chi connectivity index (χ2v) is 6.06. The van der Waals surface area contributed by atoms with Crippen molar-refractivity contribution in [2.24, 2.45) is 0 Å². The lowest BCUT2D eigenvalue weighted by atomic mass is 10.3. The van der Waals surface area contributed by atoms with Gasteiger partial charge >= 0.3 is 5.69 Å². The van der Waals surface area contributed by atoms with Crippen LogP contribution in [0.1, 0.15) is 0 Å². The topological polar surface area (TPSA) is 115 Å². The number of nitrogen functional groups attached to an aromatic ring is 1. The molecule has 0 amide bonds. The number of nitrogens with two attached hydrogens (primary N) is 1. The number of rotatable bonds is 6. The van der Waals surface area contributed by atoms with Crippen molar-refractivity contribution in [1.29, 1.82) is 0 Å². The molecule has 1 rings (SSSR count). The van der Waals surface area contributed by atoms with Crippen molar-refractivity contribution < 1.29 is 13.3 Å². The molecule has 100 valence electrons. The summed E-state index contributed by atoms with van der Waals surface area (Å²) in [6, 6.07) is 3.82. The van der Waals surface area contributed by atoms with Crippen molar-refractivity contribution in [2.75, 3.05) is 24.3 Å². The largest absolute Gasteiger partial charge is 0.393 e. The van der Waals surface area contributed by atoms with Crippen LogP contribution in [0.15, 0.2) is 23.1 Å². The zero-order valence-corrected chi connectivity index (χ0v) is 11.3. The molecule has 0 unspecified atom stereocenters. The minimum absolute atomic E-state index is 0.173. The Bertz CT molecular complexity index is 545. The molecule has 18 heavy (non-hydrogen) atoms. The van der Waals surface area contributed by atoms with Crippen LogP contribution >= 0.6 is 11.8 Å². The lowest BCUT2D eigenvalue weighted by Crippen LogP contribution is -2.26. The van der Waals surface area contributed by atoms with E-state index in [-0.39, 0.29) is 12.2 Å². The number of benzene rings is 1. The highest BCUT2D eigenvalue weighted by atomic mass is 32.2. The smallest absolute Gasteiger partial charge is 0.312 e. The van der Waals surface area contributed by atoms with E-state index in [1.165, 1.54) is 23.9 Å². The molecular weight excluding hydrogens is 278 g/mol. The molecule has 0 radical (unpaired) electrons. The molecule has 0 bridgehead atoms. The molecule has 7 nitrogen and oxygen atoms in total. The van der Waals surface area contributed by atoms with E-state index in [0.717, 1.165) is 6.07 Å². The molecule has 0 aliphatic heterocycles. The fraction of sp³-hybridized carbons (Fsp3) is 0.333. The van der Waals surface area contributed by atoms with Crippen LogP contribution in [0.25, 0.3) is 0 Å². The van der Waals surface area contributed by atoms with Gasteiger partial charge in [0, 0.05) is 12.3 Å². The fourth-order valence-electron chi connectivity index (χ4n) is 1.31. The van der Waals surface area contributed by atoms with Gasteiger partial charge in [0.1, 0.15) is 5.69 Å². The van der Waals surface area contributed by atoms with E-state index in [2.05, 4.69) is 4.72 Å². The van der Waals surface area contributed by atoms with Crippen molar-refractivity contribution in [3.8, 4) is 0 Å². The van der Waals surface area contributed by atoms with Crippen LogP contribution in [0, 0.1) is 10.1 Å². The van der Waals surface area contributed by atoms with Gasteiger partial charge in [0.25, 0.3) is 0 Å². The molecule has 0 heterocycles. The summed E-state index contributed by atoms with van der Waals surface area (Å²) >= 11 is 1.47. The number of nitrogens with zero attached hydrogens (tertiary/aromatic N) is 1. The number of hydrogen-bond acceptors (Lipinski definition) is 6. The van der Waals surface area contributed by atoms with Gasteiger partial charge in [-0.15, -0.1) is 0 Å². The van der Waals surface area contributed by atoms with Crippen molar-refractivity contribution in [3.63, 3.8) is 0 Å². The summed E-state index contributed by atoms with van der Waals surface area (Å²) in [6.45, 7) is 0.204. The van der Waals surface area contributed by atoms with Crippen LogP contribution in [-0.4, -0.2) is 31.9 Å². The molecule has 9 heteroatoms. The highest BCUT2D eigenvalue weighted by molar-refractivity contribution is 7.98. The molecule has 3 N–H and O–H groups in total. The number of thioether (sulfide) groups is 1. The number of para-hydroxylation sites is 1. The first-order valence-electron chi connectivity index (χ1n) is 4.91. The SMILES string of the molecule is CSCCNS(=O)(=O)c1cccc(N)c1[N+](=O)[O-]. The van der Waals surface area contributed by atoms with Crippen LogP contribution < -0.4 is 10.5 Å². The first kappa shape index (κ1) is 14.7. The molecule has 0 aromatic heterocycles. The van der Waals surface area contributed by atoms with Gasteiger partial charge in [-0.2, -0.15) is 11.8 Å². The molecule has 0 aliphatic carbocycles. The van der Waals surface area contributed by atoms with Crippen LogP contribution in [0.3, 0.4) is 0 Å². The van der Waals surface area contributed by atoms with E-state index < -0.39 is 25.5 Å². The zero-order chi connectivity index (χ0) is 13.8. The predicted octanol–water partition coefficient (Wildman–Crippen LogP) is 0.818. The van der Waals surface area contributed by atoms with Crippen LogP contribution in [0.5, 0.6) is 0 Å². The average Bonchev–Trinajstić information content (AvgIpc) is 2.28. The first-order valence-corrected chi connectivity index (χ1v) is 7.79. The number of nitro benzene ring substituents is 1. The zero-order valence-electron chi connectivity index (χ0n) is 9.62. The Kier molecular flexibility index (Phi) is 4.93. The summed E-state index contributed by atoms with van der Waals surface area (Å²) in [6.07, 6.45) is 1.83. The highest BCUT2D eigenvalue weighted by Crippen LogP contribution is 2.29. The molecule has 0 atom stereocenters. The summed E-state index contributed by atoms with van der Waals surface area (Å²) in [5.74, 6) is 0.579. The first-order chi connectivity index (χ1) is 8.40. The van der Waals surface area contributed by atoms with Gasteiger partial charge in [-0.05, 0) is 18.4 Å². The Balaban J connectivity index is 3.16. The maximum atomic E-state index is 11.9. The van der Waals surface area contributed by atoms with E-state index in [4.69, 9.17) is 5.73 Å². The molecule has 0 fully saturated rings. The van der Waals surface area contributed by atoms with Gasteiger partial charge < -0.3 is 5.73 Å². The molecular formula is C9H13N3O4S2. The third-order valence-electron chi connectivity index (χ3n) is 2.10. The van der Waals surface area contributed by atoms with Crippen molar-refractivity contribution in [1.82, 2.24) is 4.72 Å². The van der Waals surface area contributed by atoms with Crippen LogP contribution in [0.4, 0.5) is 11.4 Å². The highest BCUT2D eigenvalue weighted by Gasteiger charge is 2.27. The van der Waals surface area contributed by atoms with E-state index in [0.29, 0.717) is 5.75 Å². The summed E-state index contributed by atoms with van der Waals surface area (Å²) in [5.41, 5.74) is 4.67. The van der Waals surface area contributed by atoms with Gasteiger partial charge in [-0.3, -0.25) is 10.1 Å². The monoisotopic (exact) mass is 291 g/mol. The number of nitro groups is 1. The Hall–Kier alpha value is -1.32. The van der Waals surface area contributed by atoms with Gasteiger partial charge in [0.2, 0.25) is 10.0 Å². The molecule has 0 spiro atoms.